The molecule has 1 N–H and O–H groups in total. The number of hydrogen-bond acceptors (Lipinski definition) is 3. The van der Waals surface area contributed by atoms with E-state index in [0.29, 0.717) is 5.69 Å². The molecule has 0 heterocycles. The number of benzene rings is 3. The standard InChI is InChI=1S/C23H24N2O3S/c1-25(29(2,27)28)21-15-13-18(14-16-21)17-22(26)24-23(19-9-5-3-6-10-19)20-11-7-4-8-12-20/h3-16,23H,17H2,1-2H3,(H,24,26). The maximum Gasteiger partial charge on any atom is 0.231 e. The van der Waals surface area contributed by atoms with Gasteiger partial charge in [-0.1, -0.05) is 72.8 Å². The molecule has 3 aromatic carbocycles. The summed E-state index contributed by atoms with van der Waals surface area (Å²) >= 11 is 0. The molecule has 0 bridgehead atoms. The summed E-state index contributed by atoms with van der Waals surface area (Å²) in [6, 6.07) is 26.4. The molecule has 0 fully saturated rings. The van der Waals surface area contributed by atoms with Crippen molar-refractivity contribution < 1.29 is 13.2 Å². The third-order valence-corrected chi connectivity index (χ3v) is 5.94. The van der Waals surface area contributed by atoms with Crippen molar-refractivity contribution in [2.24, 2.45) is 0 Å². The highest BCUT2D eigenvalue weighted by Crippen LogP contribution is 2.22. The summed E-state index contributed by atoms with van der Waals surface area (Å²) in [5.41, 5.74) is 3.39. The highest BCUT2D eigenvalue weighted by Gasteiger charge is 2.17. The molecule has 5 nitrogen and oxygen atoms in total. The zero-order valence-electron chi connectivity index (χ0n) is 16.4. The van der Waals surface area contributed by atoms with E-state index in [0.717, 1.165) is 22.9 Å². The summed E-state index contributed by atoms with van der Waals surface area (Å²) in [6.45, 7) is 0. The highest BCUT2D eigenvalue weighted by atomic mass is 32.2. The van der Waals surface area contributed by atoms with Crippen molar-refractivity contribution in [1.29, 1.82) is 0 Å². The highest BCUT2D eigenvalue weighted by molar-refractivity contribution is 7.92. The number of carbonyl (C=O) groups excluding carboxylic acids is 1. The van der Waals surface area contributed by atoms with Crippen LogP contribution in [0.15, 0.2) is 84.9 Å². The van der Waals surface area contributed by atoms with E-state index in [1.165, 1.54) is 11.4 Å². The maximum atomic E-state index is 12.7. The molecule has 3 rings (SSSR count). The van der Waals surface area contributed by atoms with Gasteiger partial charge < -0.3 is 5.32 Å². The molecular formula is C23H24N2O3S. The summed E-state index contributed by atoms with van der Waals surface area (Å²) < 4.78 is 24.5. The minimum atomic E-state index is -3.31. The Labute approximate surface area is 172 Å². The molecular weight excluding hydrogens is 384 g/mol. The number of anilines is 1. The van der Waals surface area contributed by atoms with E-state index < -0.39 is 10.0 Å². The van der Waals surface area contributed by atoms with Gasteiger partial charge >= 0.3 is 0 Å². The maximum absolute atomic E-state index is 12.7. The van der Waals surface area contributed by atoms with Crippen LogP contribution in [0.5, 0.6) is 0 Å². The van der Waals surface area contributed by atoms with Crippen LogP contribution in [-0.4, -0.2) is 27.6 Å². The second-order valence-electron chi connectivity index (χ2n) is 6.90. The van der Waals surface area contributed by atoms with Crippen molar-refractivity contribution in [3.63, 3.8) is 0 Å². The summed E-state index contributed by atoms with van der Waals surface area (Å²) in [5.74, 6) is -0.105. The molecule has 0 aliphatic heterocycles. The number of amides is 1. The fourth-order valence-electron chi connectivity index (χ4n) is 3.06. The number of rotatable bonds is 7. The smallest absolute Gasteiger partial charge is 0.231 e. The van der Waals surface area contributed by atoms with Gasteiger partial charge in [-0.25, -0.2) is 8.42 Å². The zero-order valence-corrected chi connectivity index (χ0v) is 17.3. The largest absolute Gasteiger partial charge is 0.345 e. The van der Waals surface area contributed by atoms with Crippen molar-refractivity contribution in [3.05, 3.63) is 102 Å². The van der Waals surface area contributed by atoms with Crippen molar-refractivity contribution in [2.75, 3.05) is 17.6 Å². The molecule has 0 aliphatic rings. The van der Waals surface area contributed by atoms with Crippen LogP contribution in [0.25, 0.3) is 0 Å². The molecule has 1 amide bonds. The lowest BCUT2D eigenvalue weighted by Gasteiger charge is -2.20. The van der Waals surface area contributed by atoms with E-state index in [1.54, 1.807) is 24.3 Å². The second kappa shape index (κ2) is 8.92. The first-order valence-electron chi connectivity index (χ1n) is 9.26. The molecule has 150 valence electrons. The average Bonchev–Trinajstić information content (AvgIpc) is 2.73. The SMILES string of the molecule is CN(c1ccc(CC(=O)NC(c2ccccc2)c2ccccc2)cc1)S(C)(=O)=O. The Morgan fingerprint density at radius 3 is 1.79 bits per heavy atom. The second-order valence-corrected chi connectivity index (χ2v) is 8.91. The topological polar surface area (TPSA) is 66.5 Å². The minimum Gasteiger partial charge on any atom is -0.345 e. The van der Waals surface area contributed by atoms with Crippen molar-refractivity contribution in [1.82, 2.24) is 5.32 Å². The first kappa shape index (κ1) is 20.6. The Morgan fingerprint density at radius 1 is 0.862 bits per heavy atom. The van der Waals surface area contributed by atoms with Crippen molar-refractivity contribution >= 4 is 21.6 Å². The van der Waals surface area contributed by atoms with Crippen LogP contribution < -0.4 is 9.62 Å². The molecule has 3 aromatic rings. The first-order valence-corrected chi connectivity index (χ1v) is 11.1. The lowest BCUT2D eigenvalue weighted by Crippen LogP contribution is -2.30. The Kier molecular flexibility index (Phi) is 6.34. The van der Waals surface area contributed by atoms with Gasteiger partial charge in [0.2, 0.25) is 15.9 Å². The average molecular weight is 409 g/mol. The van der Waals surface area contributed by atoms with E-state index in [4.69, 9.17) is 0 Å². The number of nitrogens with one attached hydrogen (secondary N) is 1. The molecule has 0 radical (unpaired) electrons. The van der Waals surface area contributed by atoms with Crippen LogP contribution >= 0.6 is 0 Å². The van der Waals surface area contributed by atoms with E-state index >= 15 is 0 Å². The first-order chi connectivity index (χ1) is 13.8. The van der Waals surface area contributed by atoms with Crippen molar-refractivity contribution in [3.8, 4) is 0 Å². The van der Waals surface area contributed by atoms with Crippen LogP contribution in [0.3, 0.4) is 0 Å². The van der Waals surface area contributed by atoms with Gasteiger partial charge in [0.05, 0.1) is 24.4 Å². The molecule has 0 saturated heterocycles. The molecule has 0 aliphatic carbocycles. The van der Waals surface area contributed by atoms with Gasteiger partial charge in [-0.15, -0.1) is 0 Å². The van der Waals surface area contributed by atoms with Gasteiger partial charge in [0.25, 0.3) is 0 Å². The van der Waals surface area contributed by atoms with Crippen LogP contribution in [0.2, 0.25) is 0 Å². The predicted molar refractivity (Wildman–Crippen MR) is 116 cm³/mol. The number of carbonyl (C=O) groups is 1. The molecule has 0 saturated carbocycles. The Hall–Kier alpha value is -3.12. The van der Waals surface area contributed by atoms with Crippen LogP contribution in [0.4, 0.5) is 5.69 Å². The third kappa shape index (κ3) is 5.45. The van der Waals surface area contributed by atoms with Gasteiger partial charge in [-0.3, -0.25) is 9.10 Å². The lowest BCUT2D eigenvalue weighted by atomic mass is 9.98. The molecule has 0 atom stereocenters. The summed E-state index contributed by atoms with van der Waals surface area (Å²) in [6.07, 6.45) is 1.36. The van der Waals surface area contributed by atoms with Gasteiger partial charge in [-0.05, 0) is 28.8 Å². The van der Waals surface area contributed by atoms with Crippen LogP contribution in [0, 0.1) is 0 Å². The normalized spacial score (nSPS) is 11.3. The molecule has 0 spiro atoms. The number of sulfonamides is 1. The summed E-state index contributed by atoms with van der Waals surface area (Å²) in [5, 5.41) is 3.11. The monoisotopic (exact) mass is 408 g/mol. The van der Waals surface area contributed by atoms with E-state index in [9.17, 15) is 13.2 Å². The fourth-order valence-corrected chi connectivity index (χ4v) is 3.57. The molecule has 29 heavy (non-hydrogen) atoms. The van der Waals surface area contributed by atoms with Gasteiger partial charge in [0.15, 0.2) is 0 Å². The zero-order chi connectivity index (χ0) is 20.9. The lowest BCUT2D eigenvalue weighted by molar-refractivity contribution is -0.120. The summed E-state index contributed by atoms with van der Waals surface area (Å²) in [4.78, 5) is 12.7. The Balaban J connectivity index is 1.74. The van der Waals surface area contributed by atoms with Gasteiger partial charge in [0.1, 0.15) is 0 Å². The molecule has 0 unspecified atom stereocenters. The van der Waals surface area contributed by atoms with Crippen molar-refractivity contribution in [2.45, 2.75) is 12.5 Å². The Bertz CT molecular complexity index is 1010. The predicted octanol–water partition coefficient (Wildman–Crippen LogP) is 3.53. The quantitative estimate of drug-likeness (QED) is 0.650. The number of nitrogens with zero attached hydrogens (tertiary/aromatic N) is 1. The van der Waals surface area contributed by atoms with E-state index in [2.05, 4.69) is 5.32 Å². The van der Waals surface area contributed by atoms with Gasteiger partial charge in [-0.2, -0.15) is 0 Å². The third-order valence-electron chi connectivity index (χ3n) is 4.73. The van der Waals surface area contributed by atoms with Crippen LogP contribution in [0.1, 0.15) is 22.7 Å². The minimum absolute atomic E-state index is 0.105. The van der Waals surface area contributed by atoms with E-state index in [1.807, 2.05) is 60.7 Å². The van der Waals surface area contributed by atoms with Crippen LogP contribution in [-0.2, 0) is 21.2 Å². The van der Waals surface area contributed by atoms with E-state index in [-0.39, 0.29) is 18.4 Å². The summed E-state index contributed by atoms with van der Waals surface area (Å²) in [7, 11) is -1.81. The Morgan fingerprint density at radius 2 is 1.34 bits per heavy atom. The fraction of sp³-hybridized carbons (Fsp3) is 0.174. The molecule has 0 aromatic heterocycles. The number of hydrogen-bond donors (Lipinski definition) is 1. The van der Waals surface area contributed by atoms with Gasteiger partial charge in [0, 0.05) is 7.05 Å². The molecule has 6 heteroatoms.